The van der Waals surface area contributed by atoms with Crippen LogP contribution in [0.4, 0.5) is 0 Å². The van der Waals surface area contributed by atoms with E-state index in [2.05, 4.69) is 15.2 Å². The standard InChI is InChI=1S/C20H21N3O3S/c1-11-17(13(3)24)12(2)21-18(11)19(25)14(4)27-20-23-22-16(26-20)10-15-8-6-5-7-9-15/h5-9,14,21H,10H2,1-4H3/t14-/m1/s1. The Balaban J connectivity index is 1.71. The quantitative estimate of drug-likeness (QED) is 0.486. The van der Waals surface area contributed by atoms with E-state index in [9.17, 15) is 9.59 Å². The van der Waals surface area contributed by atoms with Gasteiger partial charge in [0.05, 0.1) is 17.4 Å². The second-order valence-corrected chi connectivity index (χ2v) is 7.72. The van der Waals surface area contributed by atoms with E-state index in [0.717, 1.165) is 5.56 Å². The van der Waals surface area contributed by atoms with Gasteiger partial charge in [0.15, 0.2) is 11.6 Å². The Morgan fingerprint density at radius 1 is 1.19 bits per heavy atom. The number of hydrogen-bond donors (Lipinski definition) is 1. The Labute approximate surface area is 161 Å². The van der Waals surface area contributed by atoms with E-state index in [0.29, 0.717) is 40.0 Å². The number of carbonyl (C=O) groups excluding carboxylic acids is 2. The normalized spacial score (nSPS) is 12.1. The number of aromatic amines is 1. The van der Waals surface area contributed by atoms with E-state index < -0.39 is 5.25 Å². The van der Waals surface area contributed by atoms with Gasteiger partial charge in [-0.3, -0.25) is 9.59 Å². The lowest BCUT2D eigenvalue weighted by molar-refractivity contribution is 0.0988. The molecule has 2 aromatic heterocycles. The summed E-state index contributed by atoms with van der Waals surface area (Å²) in [4.78, 5) is 27.6. The van der Waals surface area contributed by atoms with Crippen LogP contribution in [0.2, 0.25) is 0 Å². The number of nitrogens with one attached hydrogen (secondary N) is 1. The van der Waals surface area contributed by atoms with Crippen LogP contribution in [0.1, 0.15) is 57.4 Å². The van der Waals surface area contributed by atoms with E-state index in [1.165, 1.54) is 18.7 Å². The van der Waals surface area contributed by atoms with Gasteiger partial charge in [-0.25, -0.2) is 0 Å². The zero-order valence-electron chi connectivity index (χ0n) is 15.7. The predicted octanol–water partition coefficient (Wildman–Crippen LogP) is 4.17. The maximum Gasteiger partial charge on any atom is 0.277 e. The summed E-state index contributed by atoms with van der Waals surface area (Å²) in [6.45, 7) is 6.88. The second-order valence-electron chi connectivity index (χ2n) is 6.43. The monoisotopic (exact) mass is 383 g/mol. The molecule has 0 unspecified atom stereocenters. The Bertz CT molecular complexity index is 976. The molecule has 27 heavy (non-hydrogen) atoms. The molecular formula is C20H21N3O3S. The van der Waals surface area contributed by atoms with E-state index in [1.807, 2.05) is 30.3 Å². The van der Waals surface area contributed by atoms with Gasteiger partial charge < -0.3 is 9.40 Å². The van der Waals surface area contributed by atoms with Crippen molar-refractivity contribution in [1.29, 1.82) is 0 Å². The van der Waals surface area contributed by atoms with E-state index >= 15 is 0 Å². The molecule has 0 bridgehead atoms. The highest BCUT2D eigenvalue weighted by Crippen LogP contribution is 2.27. The molecule has 3 rings (SSSR count). The van der Waals surface area contributed by atoms with Crippen LogP contribution in [0.25, 0.3) is 0 Å². The van der Waals surface area contributed by atoms with Crippen molar-refractivity contribution in [2.75, 3.05) is 0 Å². The number of carbonyl (C=O) groups is 2. The van der Waals surface area contributed by atoms with Gasteiger partial charge in [0.2, 0.25) is 5.89 Å². The first-order valence-corrected chi connectivity index (χ1v) is 9.52. The van der Waals surface area contributed by atoms with E-state index in [4.69, 9.17) is 4.42 Å². The van der Waals surface area contributed by atoms with Crippen molar-refractivity contribution in [3.63, 3.8) is 0 Å². The highest BCUT2D eigenvalue weighted by Gasteiger charge is 2.25. The minimum Gasteiger partial charge on any atom is -0.416 e. The first-order chi connectivity index (χ1) is 12.9. The summed E-state index contributed by atoms with van der Waals surface area (Å²) in [6, 6.07) is 9.85. The Hall–Kier alpha value is -2.67. The maximum atomic E-state index is 12.8. The molecule has 7 heteroatoms. The highest BCUT2D eigenvalue weighted by atomic mass is 32.2. The van der Waals surface area contributed by atoms with Crippen molar-refractivity contribution in [1.82, 2.24) is 15.2 Å². The third kappa shape index (κ3) is 4.19. The predicted molar refractivity (Wildman–Crippen MR) is 103 cm³/mol. The molecular weight excluding hydrogens is 362 g/mol. The highest BCUT2D eigenvalue weighted by molar-refractivity contribution is 8.00. The Morgan fingerprint density at radius 3 is 2.52 bits per heavy atom. The molecule has 0 aliphatic carbocycles. The fraction of sp³-hybridized carbons (Fsp3) is 0.300. The fourth-order valence-electron chi connectivity index (χ4n) is 3.06. The molecule has 0 amide bonds. The van der Waals surface area contributed by atoms with Crippen LogP contribution in [0, 0.1) is 13.8 Å². The van der Waals surface area contributed by atoms with Gasteiger partial charge >= 0.3 is 0 Å². The number of rotatable bonds is 7. The zero-order valence-corrected chi connectivity index (χ0v) is 16.5. The van der Waals surface area contributed by atoms with Crippen LogP contribution in [0.3, 0.4) is 0 Å². The van der Waals surface area contributed by atoms with Crippen molar-refractivity contribution in [3.8, 4) is 0 Å². The van der Waals surface area contributed by atoms with Gasteiger partial charge in [-0.2, -0.15) is 0 Å². The van der Waals surface area contributed by atoms with Crippen LogP contribution in [-0.2, 0) is 6.42 Å². The summed E-state index contributed by atoms with van der Waals surface area (Å²) in [5.74, 6) is 0.355. The fourth-order valence-corrected chi connectivity index (χ4v) is 3.82. The summed E-state index contributed by atoms with van der Waals surface area (Å²) >= 11 is 1.22. The number of nitrogens with zero attached hydrogens (tertiary/aromatic N) is 2. The Morgan fingerprint density at radius 2 is 1.89 bits per heavy atom. The minimum absolute atomic E-state index is 0.0527. The maximum absolute atomic E-state index is 12.8. The molecule has 0 aliphatic rings. The van der Waals surface area contributed by atoms with E-state index in [-0.39, 0.29) is 11.6 Å². The molecule has 140 valence electrons. The minimum atomic E-state index is -0.424. The van der Waals surface area contributed by atoms with Gasteiger partial charge in [0, 0.05) is 11.3 Å². The van der Waals surface area contributed by atoms with Crippen LogP contribution < -0.4 is 0 Å². The van der Waals surface area contributed by atoms with Gasteiger partial charge in [0.1, 0.15) is 0 Å². The largest absolute Gasteiger partial charge is 0.416 e. The summed E-state index contributed by atoms with van der Waals surface area (Å²) in [6.07, 6.45) is 0.549. The summed E-state index contributed by atoms with van der Waals surface area (Å²) < 4.78 is 5.67. The number of thioether (sulfide) groups is 1. The van der Waals surface area contributed by atoms with Gasteiger partial charge in [-0.05, 0) is 38.8 Å². The molecule has 3 aromatic rings. The number of H-pyrrole nitrogens is 1. The van der Waals surface area contributed by atoms with Gasteiger partial charge in [0.25, 0.3) is 5.22 Å². The molecule has 1 aromatic carbocycles. The van der Waals surface area contributed by atoms with Crippen LogP contribution in [-0.4, -0.2) is 32.0 Å². The summed E-state index contributed by atoms with van der Waals surface area (Å²) in [5.41, 5.74) is 3.52. The van der Waals surface area contributed by atoms with Crippen molar-refractivity contribution in [2.45, 2.75) is 44.6 Å². The van der Waals surface area contributed by atoms with E-state index in [1.54, 1.807) is 20.8 Å². The zero-order chi connectivity index (χ0) is 19.6. The van der Waals surface area contributed by atoms with Crippen molar-refractivity contribution >= 4 is 23.3 Å². The van der Waals surface area contributed by atoms with Crippen molar-refractivity contribution < 1.29 is 14.0 Å². The van der Waals surface area contributed by atoms with Gasteiger partial charge in [-0.1, -0.05) is 42.1 Å². The number of benzene rings is 1. The third-order valence-electron chi connectivity index (χ3n) is 4.33. The number of Topliss-reactive ketones (excluding diaryl/α,β-unsaturated/α-hetero) is 2. The molecule has 1 N–H and O–H groups in total. The van der Waals surface area contributed by atoms with Crippen LogP contribution in [0.15, 0.2) is 40.0 Å². The smallest absolute Gasteiger partial charge is 0.277 e. The Kier molecular flexibility index (Phi) is 5.60. The second kappa shape index (κ2) is 7.92. The number of aryl methyl sites for hydroxylation is 1. The lowest BCUT2D eigenvalue weighted by Gasteiger charge is -2.07. The molecule has 2 heterocycles. The number of hydrogen-bond acceptors (Lipinski definition) is 6. The van der Waals surface area contributed by atoms with Crippen molar-refractivity contribution in [2.24, 2.45) is 0 Å². The average Bonchev–Trinajstić information content (AvgIpc) is 3.18. The van der Waals surface area contributed by atoms with Crippen LogP contribution in [0.5, 0.6) is 0 Å². The molecule has 0 aliphatic heterocycles. The first kappa shape index (κ1) is 19.1. The topological polar surface area (TPSA) is 88.9 Å². The SMILES string of the molecule is CC(=O)c1c(C)[nH]c(C(=O)[C@@H](C)Sc2nnc(Cc3ccccc3)o2)c1C. The summed E-state index contributed by atoms with van der Waals surface area (Å²) in [5, 5.41) is 8.02. The van der Waals surface area contributed by atoms with Gasteiger partial charge in [-0.15, -0.1) is 10.2 Å². The molecule has 6 nitrogen and oxygen atoms in total. The molecule has 0 saturated heterocycles. The van der Waals surface area contributed by atoms with Crippen molar-refractivity contribution in [3.05, 3.63) is 64.3 Å². The summed E-state index contributed by atoms with van der Waals surface area (Å²) in [7, 11) is 0. The first-order valence-electron chi connectivity index (χ1n) is 8.64. The average molecular weight is 383 g/mol. The third-order valence-corrected chi connectivity index (χ3v) is 5.26. The van der Waals surface area contributed by atoms with Crippen LogP contribution >= 0.6 is 11.8 Å². The molecule has 1 atom stereocenters. The number of ketones is 2. The molecule has 0 spiro atoms. The lowest BCUT2D eigenvalue weighted by Crippen LogP contribution is -2.15. The molecule has 0 saturated carbocycles. The molecule has 0 fully saturated rings. The lowest BCUT2D eigenvalue weighted by atomic mass is 10.0. The molecule has 0 radical (unpaired) electrons. The number of aromatic nitrogens is 3.